The van der Waals surface area contributed by atoms with E-state index in [-0.39, 0.29) is 17.4 Å². The number of dihydropyridines is 1. The van der Waals surface area contributed by atoms with Gasteiger partial charge in [-0.25, -0.2) is 4.39 Å². The third-order valence-electron chi connectivity index (χ3n) is 6.96. The summed E-state index contributed by atoms with van der Waals surface area (Å²) in [6.07, 6.45) is 1.07. The molecule has 2 aliphatic rings. The van der Waals surface area contributed by atoms with Crippen LogP contribution in [-0.4, -0.2) is 11.7 Å². The van der Waals surface area contributed by atoms with Crippen molar-refractivity contribution in [2.45, 2.75) is 38.5 Å². The molecule has 0 saturated heterocycles. The molecule has 0 saturated carbocycles. The number of benzene rings is 3. The second-order valence-corrected chi connectivity index (χ2v) is 9.22. The molecule has 0 spiro atoms. The zero-order chi connectivity index (χ0) is 24.5. The third-order valence-corrected chi connectivity index (χ3v) is 6.96. The van der Waals surface area contributed by atoms with Gasteiger partial charge in [0.25, 0.3) is 5.91 Å². The summed E-state index contributed by atoms with van der Waals surface area (Å²) in [7, 11) is 0. The number of nitrogens with one attached hydrogen (secondary N) is 2. The highest BCUT2D eigenvalue weighted by Gasteiger charge is 2.41. The minimum absolute atomic E-state index is 0.0320. The Labute approximate surface area is 204 Å². The quantitative estimate of drug-likeness (QED) is 0.486. The second-order valence-electron chi connectivity index (χ2n) is 9.22. The molecule has 3 aromatic rings. The van der Waals surface area contributed by atoms with Crippen LogP contribution in [0.5, 0.6) is 0 Å². The normalized spacial score (nSPS) is 19.8. The summed E-state index contributed by atoms with van der Waals surface area (Å²) >= 11 is 0. The van der Waals surface area contributed by atoms with Gasteiger partial charge in [0, 0.05) is 34.9 Å². The molecule has 5 heteroatoms. The molecule has 0 bridgehead atoms. The minimum Gasteiger partial charge on any atom is -0.362 e. The van der Waals surface area contributed by atoms with Gasteiger partial charge in [0.2, 0.25) is 0 Å². The number of hydrogen-bond donors (Lipinski definition) is 2. The van der Waals surface area contributed by atoms with Crippen LogP contribution >= 0.6 is 0 Å². The molecule has 5 rings (SSSR count). The number of aryl methyl sites for hydroxylation is 1. The Balaban J connectivity index is 1.59. The lowest BCUT2D eigenvalue weighted by atomic mass is 9.71. The van der Waals surface area contributed by atoms with Crippen LogP contribution in [0.4, 0.5) is 10.1 Å². The van der Waals surface area contributed by atoms with Crippen molar-refractivity contribution < 1.29 is 14.0 Å². The Morgan fingerprint density at radius 1 is 0.914 bits per heavy atom. The van der Waals surface area contributed by atoms with Crippen LogP contribution in [-0.2, 0) is 9.59 Å². The first-order valence-electron chi connectivity index (χ1n) is 11.8. The third kappa shape index (κ3) is 4.30. The van der Waals surface area contributed by atoms with Crippen molar-refractivity contribution in [2.75, 3.05) is 5.32 Å². The largest absolute Gasteiger partial charge is 0.362 e. The number of carbonyl (C=O) groups excluding carboxylic acids is 2. The van der Waals surface area contributed by atoms with E-state index in [1.807, 2.05) is 56.3 Å². The average Bonchev–Trinajstić information content (AvgIpc) is 2.85. The highest BCUT2D eigenvalue weighted by Crippen LogP contribution is 2.46. The maximum absolute atomic E-state index is 14.3. The van der Waals surface area contributed by atoms with Gasteiger partial charge in [0.15, 0.2) is 5.78 Å². The fraction of sp³-hybridized carbons (Fsp3) is 0.200. The van der Waals surface area contributed by atoms with E-state index in [2.05, 4.69) is 22.8 Å². The van der Waals surface area contributed by atoms with Crippen LogP contribution in [0, 0.1) is 12.7 Å². The zero-order valence-corrected chi connectivity index (χ0v) is 19.8. The minimum atomic E-state index is -0.525. The van der Waals surface area contributed by atoms with E-state index < -0.39 is 17.6 Å². The lowest BCUT2D eigenvalue weighted by Crippen LogP contribution is -2.37. The SMILES string of the molecule is CC1=C(C(=O)Nc2ccccc2F)[C@H](c2ccccc2C)C2=C(C[C@H](c3ccccc3)CC2=O)N1. The van der Waals surface area contributed by atoms with E-state index in [0.717, 1.165) is 22.4 Å². The summed E-state index contributed by atoms with van der Waals surface area (Å²) in [5.74, 6) is -1.34. The molecule has 1 aliphatic carbocycles. The number of halogens is 1. The molecular formula is C30H27FN2O2. The van der Waals surface area contributed by atoms with E-state index in [0.29, 0.717) is 29.7 Å². The summed E-state index contributed by atoms with van der Waals surface area (Å²) in [5.41, 5.74) is 5.75. The van der Waals surface area contributed by atoms with Gasteiger partial charge in [-0.1, -0.05) is 66.7 Å². The molecule has 2 N–H and O–H groups in total. The highest BCUT2D eigenvalue weighted by atomic mass is 19.1. The van der Waals surface area contributed by atoms with E-state index in [1.54, 1.807) is 12.1 Å². The molecule has 35 heavy (non-hydrogen) atoms. The molecule has 176 valence electrons. The first-order valence-corrected chi connectivity index (χ1v) is 11.8. The Kier molecular flexibility index (Phi) is 6.08. The average molecular weight is 467 g/mol. The number of carbonyl (C=O) groups is 2. The van der Waals surface area contributed by atoms with Crippen LogP contribution < -0.4 is 10.6 Å². The van der Waals surface area contributed by atoms with Crippen molar-refractivity contribution in [3.8, 4) is 0 Å². The van der Waals surface area contributed by atoms with Crippen LogP contribution in [0.3, 0.4) is 0 Å². The van der Waals surface area contributed by atoms with Gasteiger partial charge in [0.05, 0.1) is 5.69 Å². The number of anilines is 1. The second kappa shape index (κ2) is 9.34. The zero-order valence-electron chi connectivity index (χ0n) is 19.8. The van der Waals surface area contributed by atoms with E-state index in [4.69, 9.17) is 0 Å². The number of Topliss-reactive ketones (excluding diaryl/α,β-unsaturated/α-hetero) is 1. The summed E-state index contributed by atoms with van der Waals surface area (Å²) in [4.78, 5) is 27.3. The molecule has 2 atom stereocenters. The Morgan fingerprint density at radius 3 is 2.34 bits per heavy atom. The summed E-state index contributed by atoms with van der Waals surface area (Å²) < 4.78 is 14.3. The Bertz CT molecular complexity index is 1370. The fourth-order valence-corrected chi connectivity index (χ4v) is 5.27. The molecule has 1 aliphatic heterocycles. The summed E-state index contributed by atoms with van der Waals surface area (Å²) in [6.45, 7) is 3.83. The topological polar surface area (TPSA) is 58.2 Å². The Hall–Kier alpha value is -3.99. The molecule has 0 radical (unpaired) electrons. The molecule has 3 aromatic carbocycles. The van der Waals surface area contributed by atoms with Crippen LogP contribution in [0.15, 0.2) is 101 Å². The number of hydrogen-bond acceptors (Lipinski definition) is 3. The lowest BCUT2D eigenvalue weighted by molar-refractivity contribution is -0.116. The van der Waals surface area contributed by atoms with E-state index in [9.17, 15) is 14.0 Å². The summed E-state index contributed by atoms with van der Waals surface area (Å²) in [5, 5.41) is 6.11. The van der Waals surface area contributed by atoms with Crippen molar-refractivity contribution in [2.24, 2.45) is 0 Å². The fourth-order valence-electron chi connectivity index (χ4n) is 5.27. The lowest BCUT2D eigenvalue weighted by Gasteiger charge is -2.37. The number of amides is 1. The summed E-state index contributed by atoms with van der Waals surface area (Å²) in [6, 6.07) is 24.0. The van der Waals surface area contributed by atoms with Crippen LogP contribution in [0.2, 0.25) is 0 Å². The van der Waals surface area contributed by atoms with Gasteiger partial charge in [0.1, 0.15) is 5.82 Å². The Morgan fingerprint density at radius 2 is 1.60 bits per heavy atom. The van der Waals surface area contributed by atoms with Crippen molar-refractivity contribution in [1.82, 2.24) is 5.32 Å². The maximum Gasteiger partial charge on any atom is 0.254 e. The van der Waals surface area contributed by atoms with E-state index in [1.165, 1.54) is 12.1 Å². The van der Waals surface area contributed by atoms with Gasteiger partial charge < -0.3 is 10.6 Å². The number of ketones is 1. The monoisotopic (exact) mass is 466 g/mol. The first kappa shape index (κ1) is 22.8. The maximum atomic E-state index is 14.3. The number of allylic oxidation sites excluding steroid dienone is 3. The predicted molar refractivity (Wildman–Crippen MR) is 135 cm³/mol. The van der Waals surface area contributed by atoms with Gasteiger partial charge in [-0.05, 0) is 55.0 Å². The van der Waals surface area contributed by atoms with Gasteiger partial charge >= 0.3 is 0 Å². The van der Waals surface area contributed by atoms with Crippen molar-refractivity contribution in [3.05, 3.63) is 124 Å². The molecule has 0 unspecified atom stereocenters. The molecular weight excluding hydrogens is 439 g/mol. The standard InChI is InChI=1S/C30H27FN2O2/c1-18-10-6-7-13-22(18)28-27(30(35)33-24-15-9-8-14-23(24)31)19(2)32-25-16-21(17-26(34)29(25)28)20-11-4-3-5-12-20/h3-15,21,28,32H,16-17H2,1-2H3,(H,33,35)/t21-,28-/m0/s1. The van der Waals surface area contributed by atoms with Gasteiger partial charge in [-0.3, -0.25) is 9.59 Å². The first-order chi connectivity index (χ1) is 16.9. The van der Waals surface area contributed by atoms with Gasteiger partial charge in [-0.2, -0.15) is 0 Å². The van der Waals surface area contributed by atoms with Crippen molar-refractivity contribution in [3.63, 3.8) is 0 Å². The molecule has 1 heterocycles. The molecule has 1 amide bonds. The van der Waals surface area contributed by atoms with Gasteiger partial charge in [-0.15, -0.1) is 0 Å². The van der Waals surface area contributed by atoms with Crippen molar-refractivity contribution in [1.29, 1.82) is 0 Å². The van der Waals surface area contributed by atoms with Crippen LogP contribution in [0.25, 0.3) is 0 Å². The van der Waals surface area contributed by atoms with Crippen LogP contribution in [0.1, 0.15) is 48.3 Å². The van der Waals surface area contributed by atoms with E-state index >= 15 is 0 Å². The van der Waals surface area contributed by atoms with Crippen molar-refractivity contribution >= 4 is 17.4 Å². The number of rotatable bonds is 4. The highest BCUT2D eigenvalue weighted by molar-refractivity contribution is 6.10. The molecule has 0 fully saturated rings. The molecule has 4 nitrogen and oxygen atoms in total. The molecule has 0 aromatic heterocycles. The number of para-hydroxylation sites is 1. The predicted octanol–water partition coefficient (Wildman–Crippen LogP) is 6.13. The smallest absolute Gasteiger partial charge is 0.254 e.